The van der Waals surface area contributed by atoms with E-state index in [4.69, 9.17) is 0 Å². The molecule has 0 saturated carbocycles. The van der Waals surface area contributed by atoms with Crippen LogP contribution in [-0.2, 0) is 10.0 Å². The van der Waals surface area contributed by atoms with Gasteiger partial charge in [0.2, 0.25) is 10.0 Å². The zero-order valence-electron chi connectivity index (χ0n) is 15.8. The minimum absolute atomic E-state index is 0.137. The van der Waals surface area contributed by atoms with Crippen LogP contribution in [0.3, 0.4) is 0 Å². The van der Waals surface area contributed by atoms with E-state index >= 15 is 0 Å². The number of sulfonamides is 1. The van der Waals surface area contributed by atoms with Crippen LogP contribution in [0.2, 0.25) is 12.1 Å². The first kappa shape index (κ1) is 17.9. The third-order valence-corrected chi connectivity index (χ3v) is 13.4. The normalized spacial score (nSPS) is 25.2. The lowest BCUT2D eigenvalue weighted by Crippen LogP contribution is -2.58. The second-order valence-electron chi connectivity index (χ2n) is 8.01. The summed E-state index contributed by atoms with van der Waals surface area (Å²) in [5, 5.41) is 2.84. The molecule has 3 aromatic carbocycles. The fourth-order valence-electron chi connectivity index (χ4n) is 4.90. The summed E-state index contributed by atoms with van der Waals surface area (Å²) in [5.41, 5.74) is 1.07. The predicted molar refractivity (Wildman–Crippen MR) is 115 cm³/mol. The van der Waals surface area contributed by atoms with E-state index in [1.807, 2.05) is 19.1 Å². The van der Waals surface area contributed by atoms with Crippen LogP contribution in [0.5, 0.6) is 0 Å². The number of rotatable bonds is 4. The molecule has 0 radical (unpaired) electrons. The second-order valence-corrected chi connectivity index (χ2v) is 14.0. The number of aryl methyl sites for hydroxylation is 1. The molecule has 5 rings (SSSR count). The molecule has 3 aromatic rings. The number of hydrogen-bond acceptors (Lipinski definition) is 2. The maximum Gasteiger partial charge on any atom is 0.243 e. The van der Waals surface area contributed by atoms with E-state index < -0.39 is 18.1 Å². The van der Waals surface area contributed by atoms with Gasteiger partial charge in [-0.05, 0) is 31.1 Å². The van der Waals surface area contributed by atoms with Gasteiger partial charge in [-0.2, -0.15) is 4.31 Å². The predicted octanol–water partition coefficient (Wildman–Crippen LogP) is 3.01. The van der Waals surface area contributed by atoms with E-state index in [1.54, 1.807) is 16.4 Å². The lowest BCUT2D eigenvalue weighted by atomic mass is 10.2. The van der Waals surface area contributed by atoms with Crippen LogP contribution in [0.1, 0.15) is 5.56 Å². The number of benzene rings is 3. The average molecular weight is 406 g/mol. The largest absolute Gasteiger partial charge is 0.243 e. The molecule has 2 fully saturated rings. The SMILES string of the molecule is Cc1ccc(S(=O)(=O)N2[C@@H]3C[Si](c4ccccc4)(c4ccccc4)C[C@@H]32)cc1. The summed E-state index contributed by atoms with van der Waals surface area (Å²) in [4.78, 5) is 0.416. The van der Waals surface area contributed by atoms with Crippen molar-refractivity contribution in [3.8, 4) is 0 Å². The minimum atomic E-state index is -3.40. The number of hydrogen-bond donors (Lipinski definition) is 0. The van der Waals surface area contributed by atoms with Gasteiger partial charge in [-0.1, -0.05) is 88.7 Å². The summed E-state index contributed by atoms with van der Waals surface area (Å²) in [6, 6.07) is 30.9. The van der Waals surface area contributed by atoms with Crippen molar-refractivity contribution in [1.82, 2.24) is 4.31 Å². The molecular formula is C23H23NO2SSi. The highest BCUT2D eigenvalue weighted by molar-refractivity contribution is 7.89. The van der Waals surface area contributed by atoms with Gasteiger partial charge >= 0.3 is 0 Å². The third kappa shape index (κ3) is 2.69. The highest BCUT2D eigenvalue weighted by Gasteiger charge is 2.66. The van der Waals surface area contributed by atoms with Gasteiger partial charge in [0.1, 0.15) is 8.07 Å². The van der Waals surface area contributed by atoms with Crippen molar-refractivity contribution in [2.75, 3.05) is 0 Å². The van der Waals surface area contributed by atoms with Crippen molar-refractivity contribution in [3.63, 3.8) is 0 Å². The number of nitrogens with zero attached hydrogens (tertiary/aromatic N) is 1. The molecule has 0 aliphatic carbocycles. The van der Waals surface area contributed by atoms with E-state index in [0.29, 0.717) is 4.90 Å². The fraction of sp³-hybridized carbons (Fsp3) is 0.217. The first-order valence-electron chi connectivity index (χ1n) is 9.74. The van der Waals surface area contributed by atoms with Crippen LogP contribution in [0, 0.1) is 6.92 Å². The quantitative estimate of drug-likeness (QED) is 0.494. The van der Waals surface area contributed by atoms with E-state index in [1.165, 1.54) is 10.4 Å². The molecule has 5 heteroatoms. The van der Waals surface area contributed by atoms with Crippen LogP contribution < -0.4 is 10.4 Å². The van der Waals surface area contributed by atoms with Gasteiger partial charge in [0.25, 0.3) is 0 Å². The molecule has 2 aliphatic heterocycles. The Morgan fingerprint density at radius 2 is 1.21 bits per heavy atom. The first-order chi connectivity index (χ1) is 13.5. The second kappa shape index (κ2) is 6.41. The highest BCUT2D eigenvalue weighted by atomic mass is 32.2. The maximum atomic E-state index is 13.1. The molecule has 0 spiro atoms. The molecule has 3 nitrogen and oxygen atoms in total. The zero-order valence-corrected chi connectivity index (χ0v) is 17.6. The summed E-state index contributed by atoms with van der Waals surface area (Å²) in [6.45, 7) is 1.97. The van der Waals surface area contributed by atoms with E-state index in [9.17, 15) is 8.42 Å². The maximum absolute atomic E-state index is 13.1. The van der Waals surface area contributed by atoms with Crippen molar-refractivity contribution in [1.29, 1.82) is 0 Å². The summed E-state index contributed by atoms with van der Waals surface area (Å²) >= 11 is 0. The zero-order chi connectivity index (χ0) is 19.4. The van der Waals surface area contributed by atoms with E-state index in [2.05, 4.69) is 60.7 Å². The van der Waals surface area contributed by atoms with Gasteiger partial charge < -0.3 is 0 Å². The van der Waals surface area contributed by atoms with Crippen LogP contribution in [0.15, 0.2) is 89.8 Å². The lowest BCUT2D eigenvalue weighted by molar-refractivity contribution is 0.546. The van der Waals surface area contributed by atoms with Gasteiger partial charge in [0, 0.05) is 12.1 Å². The Morgan fingerprint density at radius 1 is 0.750 bits per heavy atom. The van der Waals surface area contributed by atoms with E-state index in [0.717, 1.165) is 17.7 Å². The van der Waals surface area contributed by atoms with E-state index in [-0.39, 0.29) is 12.1 Å². The molecule has 0 amide bonds. The Kier molecular flexibility index (Phi) is 4.09. The van der Waals surface area contributed by atoms with Crippen LogP contribution in [0.4, 0.5) is 0 Å². The molecule has 2 saturated heterocycles. The average Bonchev–Trinajstić information content (AvgIpc) is 3.27. The Bertz CT molecular complexity index is 1040. The molecule has 0 N–H and O–H groups in total. The van der Waals surface area contributed by atoms with Gasteiger partial charge in [-0.25, -0.2) is 8.42 Å². The minimum Gasteiger partial charge on any atom is -0.207 e. The number of fused-ring (bicyclic) bond motifs is 1. The third-order valence-electron chi connectivity index (χ3n) is 6.37. The van der Waals surface area contributed by atoms with Crippen molar-refractivity contribution < 1.29 is 8.42 Å². The van der Waals surface area contributed by atoms with Gasteiger partial charge in [0.15, 0.2) is 0 Å². The summed E-state index contributed by atoms with van der Waals surface area (Å²) in [7, 11) is -5.34. The highest BCUT2D eigenvalue weighted by Crippen LogP contribution is 2.50. The monoisotopic (exact) mass is 405 g/mol. The van der Waals surface area contributed by atoms with Crippen LogP contribution in [0.25, 0.3) is 0 Å². The Labute approximate surface area is 167 Å². The molecule has 2 heterocycles. The molecule has 142 valence electrons. The van der Waals surface area contributed by atoms with Crippen LogP contribution in [-0.4, -0.2) is 32.9 Å². The van der Waals surface area contributed by atoms with Crippen molar-refractivity contribution >= 4 is 28.5 Å². The molecule has 2 aliphatic rings. The van der Waals surface area contributed by atoms with Gasteiger partial charge in [-0.15, -0.1) is 0 Å². The van der Waals surface area contributed by atoms with Gasteiger partial charge in [-0.3, -0.25) is 0 Å². The molecule has 28 heavy (non-hydrogen) atoms. The first-order valence-corrected chi connectivity index (χ1v) is 13.6. The van der Waals surface area contributed by atoms with Crippen molar-refractivity contribution in [2.24, 2.45) is 0 Å². The molecular weight excluding hydrogens is 382 g/mol. The summed E-state index contributed by atoms with van der Waals surface area (Å²) in [6.07, 6.45) is 0. The summed E-state index contributed by atoms with van der Waals surface area (Å²) in [5.74, 6) is 0. The molecule has 0 bridgehead atoms. The Balaban J connectivity index is 1.48. The van der Waals surface area contributed by atoms with Crippen molar-refractivity contribution in [2.45, 2.75) is 36.0 Å². The molecule has 0 aromatic heterocycles. The Morgan fingerprint density at radius 3 is 1.68 bits per heavy atom. The fourth-order valence-corrected chi connectivity index (χ4v) is 12.4. The molecule has 3 atom stereocenters. The Hall–Kier alpha value is -2.21. The lowest BCUT2D eigenvalue weighted by Gasteiger charge is -2.31. The summed E-state index contributed by atoms with van der Waals surface area (Å²) < 4.78 is 28.0. The van der Waals surface area contributed by atoms with Crippen LogP contribution >= 0.6 is 0 Å². The van der Waals surface area contributed by atoms with Crippen molar-refractivity contribution in [3.05, 3.63) is 90.5 Å². The smallest absolute Gasteiger partial charge is 0.207 e. The molecule has 1 unspecified atom stereocenters. The van der Waals surface area contributed by atoms with Gasteiger partial charge in [0.05, 0.1) is 4.90 Å². The standard InChI is InChI=1S/C23H23NO2SSi/c1-18-12-14-19(15-13-18)27(25,26)24-22-16-28(17-23(22)24,20-8-4-2-5-9-20)21-10-6-3-7-11-21/h2-15,22-23H,16-17H2,1H3/t22-,23+,24?. The topological polar surface area (TPSA) is 37.1 Å².